The van der Waals surface area contributed by atoms with Gasteiger partial charge in [-0.05, 0) is 24.8 Å². The van der Waals surface area contributed by atoms with Crippen molar-refractivity contribution in [3.05, 3.63) is 35.9 Å². The maximum atomic E-state index is 10.3. The minimum Gasteiger partial charge on any atom is -0.391 e. The second-order valence-electron chi connectivity index (χ2n) is 4.59. The molecule has 0 aromatic heterocycles. The molecule has 3 heteroatoms. The van der Waals surface area contributed by atoms with Crippen LogP contribution in [0.15, 0.2) is 30.3 Å². The van der Waals surface area contributed by atoms with Gasteiger partial charge in [-0.25, -0.2) is 0 Å². The third kappa shape index (κ3) is 2.66. The Labute approximate surface area is 102 Å². The Balaban J connectivity index is 2.08. The van der Waals surface area contributed by atoms with E-state index in [1.807, 2.05) is 30.3 Å². The van der Waals surface area contributed by atoms with Crippen LogP contribution in [0.2, 0.25) is 0 Å². The van der Waals surface area contributed by atoms with E-state index in [1.54, 1.807) is 0 Å². The third-order valence-corrected chi connectivity index (χ3v) is 3.52. The molecule has 90 valence electrons. The molecule has 1 heterocycles. The van der Waals surface area contributed by atoms with Crippen LogP contribution in [0.5, 0.6) is 0 Å². The van der Waals surface area contributed by atoms with Gasteiger partial charge in [0.1, 0.15) is 0 Å². The molecule has 0 amide bonds. The largest absolute Gasteiger partial charge is 0.391 e. The highest BCUT2D eigenvalue weighted by Crippen LogP contribution is 2.34. The number of nitriles is 1. The molecule has 2 rings (SSSR count). The second-order valence-corrected chi connectivity index (χ2v) is 4.59. The lowest BCUT2D eigenvalue weighted by atomic mass is 9.74. The lowest BCUT2D eigenvalue weighted by Gasteiger charge is -2.35. The summed E-state index contributed by atoms with van der Waals surface area (Å²) in [5, 5.41) is 19.6. The summed E-state index contributed by atoms with van der Waals surface area (Å²) >= 11 is 0. The first-order valence-electron chi connectivity index (χ1n) is 5.98. The van der Waals surface area contributed by atoms with Crippen LogP contribution in [0.4, 0.5) is 0 Å². The van der Waals surface area contributed by atoms with Crippen molar-refractivity contribution in [1.29, 1.82) is 5.26 Å². The number of hydrogen-bond donors (Lipinski definition) is 1. The van der Waals surface area contributed by atoms with E-state index in [0.717, 1.165) is 5.56 Å². The van der Waals surface area contributed by atoms with E-state index in [2.05, 4.69) is 6.07 Å². The van der Waals surface area contributed by atoms with E-state index in [-0.39, 0.29) is 0 Å². The molecule has 0 aliphatic carbocycles. The van der Waals surface area contributed by atoms with Gasteiger partial charge in [0.15, 0.2) is 0 Å². The zero-order valence-corrected chi connectivity index (χ0v) is 9.80. The van der Waals surface area contributed by atoms with Crippen LogP contribution < -0.4 is 0 Å². The Morgan fingerprint density at radius 3 is 2.53 bits per heavy atom. The number of nitrogens with zero attached hydrogens (tertiary/aromatic N) is 1. The van der Waals surface area contributed by atoms with E-state index in [1.165, 1.54) is 0 Å². The van der Waals surface area contributed by atoms with Gasteiger partial charge in [0.2, 0.25) is 0 Å². The number of ether oxygens (including phenoxy) is 1. The molecule has 1 saturated heterocycles. The normalized spacial score (nSPS) is 20.5. The monoisotopic (exact) mass is 231 g/mol. The summed E-state index contributed by atoms with van der Waals surface area (Å²) in [6, 6.07) is 12.1. The number of rotatable bonds is 3. The zero-order chi connectivity index (χ0) is 12.1. The van der Waals surface area contributed by atoms with Gasteiger partial charge in [-0.15, -0.1) is 0 Å². The van der Waals surface area contributed by atoms with Gasteiger partial charge >= 0.3 is 0 Å². The summed E-state index contributed by atoms with van der Waals surface area (Å²) in [5.74, 6) is 0. The molecule has 17 heavy (non-hydrogen) atoms. The number of benzene rings is 1. The van der Waals surface area contributed by atoms with Gasteiger partial charge in [0.05, 0.1) is 17.6 Å². The summed E-state index contributed by atoms with van der Waals surface area (Å²) < 4.78 is 5.26. The maximum absolute atomic E-state index is 10.3. The third-order valence-electron chi connectivity index (χ3n) is 3.52. The van der Waals surface area contributed by atoms with Gasteiger partial charge in [-0.2, -0.15) is 5.26 Å². The topological polar surface area (TPSA) is 53.2 Å². The lowest BCUT2D eigenvalue weighted by molar-refractivity contribution is -0.0291. The first kappa shape index (κ1) is 12.1. The SMILES string of the molecule is N#CC1(C(O)Cc2ccccc2)CCOCC1. The van der Waals surface area contributed by atoms with Crippen molar-refractivity contribution in [2.75, 3.05) is 13.2 Å². The van der Waals surface area contributed by atoms with Crippen molar-refractivity contribution in [3.8, 4) is 6.07 Å². The second kappa shape index (κ2) is 5.31. The summed E-state index contributed by atoms with van der Waals surface area (Å²) in [6.45, 7) is 1.14. The standard InChI is InChI=1S/C14H17NO2/c15-11-14(6-8-17-9-7-14)13(16)10-12-4-2-1-3-5-12/h1-5,13,16H,6-10H2. The summed E-state index contributed by atoms with van der Waals surface area (Å²) in [7, 11) is 0. The van der Waals surface area contributed by atoms with Gasteiger partial charge < -0.3 is 9.84 Å². The first-order valence-corrected chi connectivity index (χ1v) is 5.98. The highest BCUT2D eigenvalue weighted by Gasteiger charge is 2.39. The molecule has 1 aromatic rings. The highest BCUT2D eigenvalue weighted by atomic mass is 16.5. The molecule has 1 aliphatic heterocycles. The average molecular weight is 231 g/mol. The van der Waals surface area contributed by atoms with Gasteiger partial charge in [-0.3, -0.25) is 0 Å². The lowest BCUT2D eigenvalue weighted by Crippen LogP contribution is -2.40. The summed E-state index contributed by atoms with van der Waals surface area (Å²) in [4.78, 5) is 0. The Kier molecular flexibility index (Phi) is 3.78. The van der Waals surface area contributed by atoms with Crippen LogP contribution in [0, 0.1) is 16.7 Å². The van der Waals surface area contributed by atoms with Crippen LogP contribution in [0.3, 0.4) is 0 Å². The highest BCUT2D eigenvalue weighted by molar-refractivity contribution is 5.18. The molecule has 1 aromatic carbocycles. The zero-order valence-electron chi connectivity index (χ0n) is 9.80. The first-order chi connectivity index (χ1) is 8.27. The fourth-order valence-corrected chi connectivity index (χ4v) is 2.29. The van der Waals surface area contributed by atoms with Crippen LogP contribution in [0.25, 0.3) is 0 Å². The number of aliphatic hydroxyl groups is 1. The Morgan fingerprint density at radius 1 is 1.29 bits per heavy atom. The van der Waals surface area contributed by atoms with Crippen molar-refractivity contribution in [2.45, 2.75) is 25.4 Å². The van der Waals surface area contributed by atoms with Gasteiger partial charge in [-0.1, -0.05) is 30.3 Å². The Morgan fingerprint density at radius 2 is 1.94 bits per heavy atom. The van der Waals surface area contributed by atoms with Crippen molar-refractivity contribution in [1.82, 2.24) is 0 Å². The molecule has 0 saturated carbocycles. The predicted octanol–water partition coefficient (Wildman–Crippen LogP) is 1.91. The Bertz CT molecular complexity index is 390. The van der Waals surface area contributed by atoms with Gasteiger partial charge in [0, 0.05) is 13.2 Å². The van der Waals surface area contributed by atoms with Gasteiger partial charge in [0.25, 0.3) is 0 Å². The van der Waals surface area contributed by atoms with Crippen LogP contribution >= 0.6 is 0 Å². The average Bonchev–Trinajstić information content (AvgIpc) is 2.40. The Hall–Kier alpha value is -1.37. The van der Waals surface area contributed by atoms with Crippen molar-refractivity contribution < 1.29 is 9.84 Å². The maximum Gasteiger partial charge on any atom is 0.0879 e. The summed E-state index contributed by atoms with van der Waals surface area (Å²) in [5.41, 5.74) is 0.440. The fraction of sp³-hybridized carbons (Fsp3) is 0.500. The van der Waals surface area contributed by atoms with E-state index >= 15 is 0 Å². The molecule has 1 N–H and O–H groups in total. The van der Waals surface area contributed by atoms with Crippen LogP contribution in [-0.2, 0) is 11.2 Å². The summed E-state index contributed by atoms with van der Waals surface area (Å²) in [6.07, 6.45) is 1.17. The van der Waals surface area contributed by atoms with E-state index in [9.17, 15) is 10.4 Å². The molecule has 0 radical (unpaired) electrons. The van der Waals surface area contributed by atoms with E-state index in [4.69, 9.17) is 4.74 Å². The molecule has 1 aliphatic rings. The van der Waals surface area contributed by atoms with E-state index < -0.39 is 11.5 Å². The van der Waals surface area contributed by atoms with Crippen molar-refractivity contribution in [2.24, 2.45) is 5.41 Å². The predicted molar refractivity (Wildman–Crippen MR) is 64.3 cm³/mol. The smallest absolute Gasteiger partial charge is 0.0879 e. The number of hydrogen-bond acceptors (Lipinski definition) is 3. The van der Waals surface area contributed by atoms with Crippen molar-refractivity contribution >= 4 is 0 Å². The quantitative estimate of drug-likeness (QED) is 0.864. The van der Waals surface area contributed by atoms with Crippen molar-refractivity contribution in [3.63, 3.8) is 0 Å². The van der Waals surface area contributed by atoms with E-state index in [0.29, 0.717) is 32.5 Å². The minimum atomic E-state index is -0.631. The molecule has 3 nitrogen and oxygen atoms in total. The molecule has 1 fully saturated rings. The molecular weight excluding hydrogens is 214 g/mol. The minimum absolute atomic E-state index is 0.536. The molecule has 0 spiro atoms. The van der Waals surface area contributed by atoms with Crippen LogP contribution in [0.1, 0.15) is 18.4 Å². The number of aliphatic hydroxyl groups excluding tert-OH is 1. The molecule has 0 bridgehead atoms. The fourth-order valence-electron chi connectivity index (χ4n) is 2.29. The molecular formula is C14H17NO2. The van der Waals surface area contributed by atoms with Crippen LogP contribution in [-0.4, -0.2) is 24.4 Å². The molecule has 1 atom stereocenters. The molecule has 1 unspecified atom stereocenters.